The average Bonchev–Trinajstić information content (AvgIpc) is 2.79. The van der Waals surface area contributed by atoms with Crippen molar-refractivity contribution in [2.24, 2.45) is 11.7 Å². The van der Waals surface area contributed by atoms with Gasteiger partial charge in [-0.2, -0.15) is 0 Å². The third-order valence-electron chi connectivity index (χ3n) is 2.44. The lowest BCUT2D eigenvalue weighted by Gasteiger charge is -2.05. The van der Waals surface area contributed by atoms with Crippen LogP contribution in [0.15, 0.2) is 22.7 Å². The molecule has 16 heavy (non-hydrogen) atoms. The van der Waals surface area contributed by atoms with Crippen LogP contribution in [-0.2, 0) is 4.79 Å². The Hall–Kier alpha value is -1.10. The number of carbonyl (C=O) groups excluding carboxylic acids is 1. The maximum atomic E-state index is 13.0. The molecule has 2 rings (SSSR count). The fraction of sp³-hybridized carbons (Fsp3) is 0.364. The molecule has 3 nitrogen and oxygen atoms in total. The first kappa shape index (κ1) is 11.4. The summed E-state index contributed by atoms with van der Waals surface area (Å²) in [6, 6.07) is 4.38. The van der Waals surface area contributed by atoms with Gasteiger partial charge < -0.3 is 10.5 Å². The lowest BCUT2D eigenvalue weighted by atomic mass is 10.3. The summed E-state index contributed by atoms with van der Waals surface area (Å²) in [5, 5.41) is 0. The fourth-order valence-electron chi connectivity index (χ4n) is 1.61. The molecule has 1 amide bonds. The molecule has 86 valence electrons. The van der Waals surface area contributed by atoms with E-state index >= 15 is 0 Å². The minimum Gasteiger partial charge on any atom is -0.490 e. The SMILES string of the molecule is NC(=O)CC1CC1Oc1cc(F)cc(Br)c1. The third kappa shape index (κ3) is 2.95. The van der Waals surface area contributed by atoms with Crippen molar-refractivity contribution >= 4 is 21.8 Å². The molecule has 2 atom stereocenters. The van der Waals surface area contributed by atoms with Crippen LogP contribution in [0.3, 0.4) is 0 Å². The Labute approximate surface area is 101 Å². The van der Waals surface area contributed by atoms with Crippen molar-refractivity contribution in [2.75, 3.05) is 0 Å². The van der Waals surface area contributed by atoms with Crippen molar-refractivity contribution in [3.8, 4) is 5.75 Å². The number of halogens is 2. The van der Waals surface area contributed by atoms with E-state index in [-0.39, 0.29) is 23.7 Å². The van der Waals surface area contributed by atoms with E-state index in [2.05, 4.69) is 15.9 Å². The van der Waals surface area contributed by atoms with Crippen molar-refractivity contribution in [3.63, 3.8) is 0 Å². The van der Waals surface area contributed by atoms with Crippen LogP contribution in [-0.4, -0.2) is 12.0 Å². The zero-order valence-corrected chi connectivity index (χ0v) is 10.0. The number of rotatable bonds is 4. The molecule has 1 aromatic rings. The molecule has 2 unspecified atom stereocenters. The van der Waals surface area contributed by atoms with Gasteiger partial charge in [-0.05, 0) is 18.6 Å². The molecule has 1 aliphatic carbocycles. The van der Waals surface area contributed by atoms with E-state index in [4.69, 9.17) is 10.5 Å². The van der Waals surface area contributed by atoms with Crippen LogP contribution in [0.4, 0.5) is 4.39 Å². The highest BCUT2D eigenvalue weighted by Gasteiger charge is 2.40. The largest absolute Gasteiger partial charge is 0.490 e. The van der Waals surface area contributed by atoms with E-state index in [0.717, 1.165) is 6.42 Å². The Balaban J connectivity index is 1.93. The van der Waals surface area contributed by atoms with Gasteiger partial charge in [0.2, 0.25) is 5.91 Å². The van der Waals surface area contributed by atoms with Gasteiger partial charge in [-0.3, -0.25) is 4.79 Å². The molecule has 1 aromatic carbocycles. The Bertz CT molecular complexity index is 404. The maximum absolute atomic E-state index is 13.0. The summed E-state index contributed by atoms with van der Waals surface area (Å²) in [7, 11) is 0. The molecule has 2 N–H and O–H groups in total. The number of ether oxygens (including phenoxy) is 1. The number of hydrogen-bond acceptors (Lipinski definition) is 2. The lowest BCUT2D eigenvalue weighted by molar-refractivity contribution is -0.118. The topological polar surface area (TPSA) is 52.3 Å². The summed E-state index contributed by atoms with van der Waals surface area (Å²) in [6.45, 7) is 0. The summed E-state index contributed by atoms with van der Waals surface area (Å²) in [4.78, 5) is 10.7. The Kier molecular flexibility index (Phi) is 3.14. The van der Waals surface area contributed by atoms with E-state index in [1.165, 1.54) is 12.1 Å². The molecule has 0 saturated heterocycles. The molecule has 0 aromatic heterocycles. The van der Waals surface area contributed by atoms with Gasteiger partial charge in [-0.25, -0.2) is 4.39 Å². The van der Waals surface area contributed by atoms with Crippen LogP contribution in [0.1, 0.15) is 12.8 Å². The highest BCUT2D eigenvalue weighted by Crippen LogP contribution is 2.37. The van der Waals surface area contributed by atoms with E-state index in [1.807, 2.05) is 0 Å². The molecule has 1 aliphatic rings. The minimum absolute atomic E-state index is 0.0128. The van der Waals surface area contributed by atoms with E-state index in [0.29, 0.717) is 16.6 Å². The van der Waals surface area contributed by atoms with Crippen molar-refractivity contribution in [1.29, 1.82) is 0 Å². The number of hydrogen-bond donors (Lipinski definition) is 1. The molecule has 0 radical (unpaired) electrons. The number of primary amides is 1. The summed E-state index contributed by atoms with van der Waals surface area (Å²) < 4.78 is 19.2. The predicted molar refractivity (Wildman–Crippen MR) is 60.4 cm³/mol. The van der Waals surface area contributed by atoms with Gasteiger partial charge in [0.05, 0.1) is 0 Å². The average molecular weight is 288 g/mol. The molecule has 0 bridgehead atoms. The minimum atomic E-state index is -0.350. The quantitative estimate of drug-likeness (QED) is 0.923. The zero-order valence-electron chi connectivity index (χ0n) is 8.45. The predicted octanol–water partition coefficient (Wildman–Crippen LogP) is 2.23. The second-order valence-electron chi connectivity index (χ2n) is 3.93. The van der Waals surface area contributed by atoms with Crippen molar-refractivity contribution in [1.82, 2.24) is 0 Å². The van der Waals surface area contributed by atoms with Gasteiger partial charge in [0.1, 0.15) is 17.7 Å². The van der Waals surface area contributed by atoms with Gasteiger partial charge in [-0.15, -0.1) is 0 Å². The number of amides is 1. The Morgan fingerprint density at radius 2 is 2.31 bits per heavy atom. The van der Waals surface area contributed by atoms with Gasteiger partial charge >= 0.3 is 0 Å². The molecule has 0 aliphatic heterocycles. The summed E-state index contributed by atoms with van der Waals surface area (Å²) in [5.74, 6) is -0.0172. The van der Waals surface area contributed by atoms with Gasteiger partial charge in [0.15, 0.2) is 0 Å². The van der Waals surface area contributed by atoms with E-state index in [1.54, 1.807) is 6.07 Å². The smallest absolute Gasteiger partial charge is 0.217 e. The first-order valence-corrected chi connectivity index (χ1v) is 5.75. The molecule has 1 fully saturated rings. The van der Waals surface area contributed by atoms with Crippen molar-refractivity contribution in [3.05, 3.63) is 28.5 Å². The van der Waals surface area contributed by atoms with Crippen LogP contribution in [0.25, 0.3) is 0 Å². The molecule has 5 heteroatoms. The molecule has 0 spiro atoms. The van der Waals surface area contributed by atoms with Gasteiger partial charge in [0, 0.05) is 22.9 Å². The summed E-state index contributed by atoms with van der Waals surface area (Å²) in [5.41, 5.74) is 5.08. The Morgan fingerprint density at radius 3 is 2.94 bits per heavy atom. The molecular weight excluding hydrogens is 277 g/mol. The highest BCUT2D eigenvalue weighted by molar-refractivity contribution is 9.10. The Morgan fingerprint density at radius 1 is 1.56 bits per heavy atom. The third-order valence-corrected chi connectivity index (χ3v) is 2.90. The standard InChI is InChI=1S/C11H11BrFNO2/c12-7-3-8(13)5-9(4-7)16-10-1-6(10)2-11(14)15/h3-6,10H,1-2H2,(H2,14,15). The highest BCUT2D eigenvalue weighted by atomic mass is 79.9. The van der Waals surface area contributed by atoms with Crippen LogP contribution >= 0.6 is 15.9 Å². The zero-order chi connectivity index (χ0) is 11.7. The van der Waals surface area contributed by atoms with Crippen LogP contribution < -0.4 is 10.5 Å². The van der Waals surface area contributed by atoms with Crippen molar-refractivity contribution in [2.45, 2.75) is 18.9 Å². The number of carbonyl (C=O) groups is 1. The normalized spacial score (nSPS) is 22.9. The number of nitrogens with two attached hydrogens (primary N) is 1. The first-order chi connectivity index (χ1) is 7.54. The molecule has 1 saturated carbocycles. The van der Waals surface area contributed by atoms with Gasteiger partial charge in [-0.1, -0.05) is 15.9 Å². The first-order valence-electron chi connectivity index (χ1n) is 4.95. The van der Waals surface area contributed by atoms with E-state index in [9.17, 15) is 9.18 Å². The lowest BCUT2D eigenvalue weighted by Crippen LogP contribution is -2.13. The van der Waals surface area contributed by atoms with Crippen LogP contribution in [0.5, 0.6) is 5.75 Å². The molecular formula is C11H11BrFNO2. The van der Waals surface area contributed by atoms with Crippen LogP contribution in [0.2, 0.25) is 0 Å². The second-order valence-corrected chi connectivity index (χ2v) is 4.84. The van der Waals surface area contributed by atoms with E-state index < -0.39 is 0 Å². The summed E-state index contributed by atoms with van der Waals surface area (Å²) in [6.07, 6.45) is 1.12. The maximum Gasteiger partial charge on any atom is 0.217 e. The number of benzene rings is 1. The monoisotopic (exact) mass is 287 g/mol. The van der Waals surface area contributed by atoms with Crippen LogP contribution in [0, 0.1) is 11.7 Å². The van der Waals surface area contributed by atoms with Gasteiger partial charge in [0.25, 0.3) is 0 Å². The second kappa shape index (κ2) is 4.41. The van der Waals surface area contributed by atoms with Crippen molar-refractivity contribution < 1.29 is 13.9 Å². The summed E-state index contributed by atoms with van der Waals surface area (Å²) >= 11 is 3.18. The molecule has 0 heterocycles. The fourth-order valence-corrected chi connectivity index (χ4v) is 2.05.